The van der Waals surface area contributed by atoms with Crippen LogP contribution >= 0.6 is 0 Å². The Kier molecular flexibility index (Phi) is 8.11. The third kappa shape index (κ3) is 5.51. The highest BCUT2D eigenvalue weighted by atomic mass is 14.9. The average Bonchev–Trinajstić information content (AvgIpc) is 3.02. The van der Waals surface area contributed by atoms with E-state index >= 15 is 0 Å². The lowest BCUT2D eigenvalue weighted by Crippen LogP contribution is -2.76. The smallest absolute Gasteiger partial charge is 0.0224 e. The Morgan fingerprint density at radius 1 is 0.217 bits per heavy atom. The second kappa shape index (κ2) is 11.7. The van der Waals surface area contributed by atoms with Gasteiger partial charge in [-0.25, -0.2) is 0 Å². The van der Waals surface area contributed by atoms with Crippen molar-refractivity contribution >= 4 is 0 Å². The monoisotopic (exact) mass is 819 g/mol. The molecule has 0 aromatic carbocycles. The maximum atomic E-state index is 2.94. The first-order valence-electron chi connectivity index (χ1n) is 27.8. The third-order valence-corrected chi connectivity index (χ3v) is 25.1. The molecule has 0 aromatic heterocycles. The van der Waals surface area contributed by atoms with Gasteiger partial charge in [-0.2, -0.15) is 0 Å². The summed E-state index contributed by atoms with van der Waals surface area (Å²) in [5.41, 5.74) is 9.45. The van der Waals surface area contributed by atoms with Crippen LogP contribution in [0.2, 0.25) is 0 Å². The van der Waals surface area contributed by atoms with Crippen molar-refractivity contribution in [3.63, 3.8) is 0 Å². The van der Waals surface area contributed by atoms with E-state index in [0.29, 0.717) is 86.6 Å². The summed E-state index contributed by atoms with van der Waals surface area (Å²) in [5.74, 6) is 0. The Morgan fingerprint density at radius 2 is 0.433 bits per heavy atom. The van der Waals surface area contributed by atoms with E-state index in [2.05, 4.69) is 69.2 Å². The van der Waals surface area contributed by atoms with E-state index in [0.717, 1.165) is 0 Å². The second-order valence-electron chi connectivity index (χ2n) is 33.0. The van der Waals surface area contributed by atoms with Gasteiger partial charge in [-0.3, -0.25) is 0 Å². The van der Waals surface area contributed by atoms with Gasteiger partial charge in [-0.05, 0) is 254 Å². The molecule has 16 aliphatic carbocycles. The van der Waals surface area contributed by atoms with Gasteiger partial charge in [0.2, 0.25) is 0 Å². The minimum Gasteiger partial charge on any atom is -0.0654 e. The first-order valence-corrected chi connectivity index (χ1v) is 27.8. The van der Waals surface area contributed by atoms with E-state index in [-0.39, 0.29) is 0 Å². The van der Waals surface area contributed by atoms with Gasteiger partial charge in [0.15, 0.2) is 0 Å². The molecule has 0 heterocycles. The summed E-state index contributed by atoms with van der Waals surface area (Å²) >= 11 is 0. The quantitative estimate of drug-likeness (QED) is 0.162. The molecule has 0 amide bonds. The van der Waals surface area contributed by atoms with Crippen LogP contribution in [0.4, 0.5) is 0 Å². The van der Waals surface area contributed by atoms with Gasteiger partial charge < -0.3 is 0 Å². The van der Waals surface area contributed by atoms with Gasteiger partial charge in [0, 0.05) is 0 Å². The molecule has 0 N–H and O–H groups in total. The summed E-state index contributed by atoms with van der Waals surface area (Å²) in [6.45, 7) is 28.1. The summed E-state index contributed by atoms with van der Waals surface area (Å²) in [6, 6.07) is 0. The van der Waals surface area contributed by atoms with Crippen LogP contribution < -0.4 is 0 Å². The molecule has 16 aliphatic rings. The van der Waals surface area contributed by atoms with Crippen LogP contribution in [-0.4, -0.2) is 0 Å². The van der Waals surface area contributed by atoms with Crippen molar-refractivity contribution in [1.82, 2.24) is 0 Å². The summed E-state index contributed by atoms with van der Waals surface area (Å²) in [4.78, 5) is 0. The largest absolute Gasteiger partial charge is 0.0654 e. The fraction of sp³-hybridized carbons (Fsp3) is 1.00. The van der Waals surface area contributed by atoms with E-state index in [1.165, 1.54) is 51.4 Å². The molecule has 16 atom stereocenters. The van der Waals surface area contributed by atoms with Crippen molar-refractivity contribution in [3.05, 3.63) is 0 Å². The van der Waals surface area contributed by atoms with E-state index in [4.69, 9.17) is 0 Å². The van der Waals surface area contributed by atoms with Crippen LogP contribution in [0.5, 0.6) is 0 Å². The number of hydrogen-bond acceptors (Lipinski definition) is 0. The maximum absolute atomic E-state index is 2.94. The number of rotatable bonds is 13. The molecule has 60 heavy (non-hydrogen) atoms. The zero-order valence-corrected chi connectivity index (χ0v) is 42.0. The SMILES string of the molecule is CCCCCCC12CC3(C45CC6(C78CC9(C%10%11CC%12(CCCCCC)C[C@@](C)(C%10)C[C@](C)(C%12)C%11)C[C@](C)(C7)C[C@](C)(C8)C9)C[C@@](C)(C4)C[C@](C)(C6)C5)C[C@](C)(C1)C[C@](C)(C2)C3. The van der Waals surface area contributed by atoms with Crippen molar-refractivity contribution in [2.75, 3.05) is 0 Å². The third-order valence-electron chi connectivity index (χ3n) is 25.1. The molecule has 8 unspecified atom stereocenters. The summed E-state index contributed by atoms with van der Waals surface area (Å²) in [6.07, 6.45) is 53.5. The number of hydrogen-bond donors (Lipinski definition) is 0. The van der Waals surface area contributed by atoms with Crippen molar-refractivity contribution in [2.24, 2.45) is 86.6 Å². The van der Waals surface area contributed by atoms with Gasteiger partial charge in [0.1, 0.15) is 0 Å². The molecule has 0 aliphatic heterocycles. The second-order valence-corrected chi connectivity index (χ2v) is 33.0. The van der Waals surface area contributed by atoms with Gasteiger partial charge >= 0.3 is 0 Å². The van der Waals surface area contributed by atoms with E-state index in [1.807, 2.05) is 0 Å². The van der Waals surface area contributed by atoms with Gasteiger partial charge in [-0.1, -0.05) is 121 Å². The molecule has 338 valence electrons. The standard InChI is InChI=1S/C60H98/c1-11-13-15-17-19-53-25-45(3)21-46(4,26-53)30-55(29-45,41-53)57-33-49(7)23-50(8,34-57)38-59(37-49,43-57)60-39-51(9)24-52(10,40-60)36-58(35-51,44-60)56-31-47(5)22-48(6,32-56)28-54(27-47,42-56)20-18-16-14-12-2/h11-44H2,1-10H3/t45-,46+,47-,48+,49-,50+,51-,52+,53?,54?,55?,56?,57?,58?,59?,60?. The lowest BCUT2D eigenvalue weighted by atomic mass is 9.19. The minimum atomic E-state index is 0.561. The molecule has 0 saturated heterocycles. The highest BCUT2D eigenvalue weighted by Crippen LogP contribution is 2.92. The Hall–Kier alpha value is 0. The zero-order chi connectivity index (χ0) is 42.0. The van der Waals surface area contributed by atoms with Gasteiger partial charge in [0.25, 0.3) is 0 Å². The maximum Gasteiger partial charge on any atom is -0.0224 e. The molecular formula is C60H98. The molecule has 16 rings (SSSR count). The van der Waals surface area contributed by atoms with Gasteiger partial charge in [0.05, 0.1) is 0 Å². The lowest BCUT2D eigenvalue weighted by molar-refractivity contribution is -0.356. The van der Waals surface area contributed by atoms with Crippen LogP contribution in [0, 0.1) is 86.6 Å². The van der Waals surface area contributed by atoms with Crippen LogP contribution in [-0.2, 0) is 0 Å². The summed E-state index contributed by atoms with van der Waals surface area (Å²) in [5, 5.41) is 0. The molecule has 0 heteroatoms. The van der Waals surface area contributed by atoms with E-state index in [9.17, 15) is 0 Å². The van der Waals surface area contributed by atoms with Crippen LogP contribution in [0.1, 0.15) is 288 Å². The normalized spacial score (nSPS) is 63.3. The highest BCUT2D eigenvalue weighted by molar-refractivity contribution is 5.32. The Balaban J connectivity index is 0.965. The number of unbranched alkanes of at least 4 members (excludes halogenated alkanes) is 6. The van der Waals surface area contributed by atoms with Crippen molar-refractivity contribution in [1.29, 1.82) is 0 Å². The molecule has 16 saturated carbocycles. The first-order chi connectivity index (χ1) is 27.8. The zero-order valence-electron chi connectivity index (χ0n) is 42.0. The molecule has 0 aromatic rings. The lowest BCUT2D eigenvalue weighted by Gasteiger charge is -2.85. The minimum absolute atomic E-state index is 0.561. The van der Waals surface area contributed by atoms with E-state index in [1.54, 1.807) is 167 Å². The fourth-order valence-electron chi connectivity index (χ4n) is 29.0. The summed E-state index contributed by atoms with van der Waals surface area (Å²) in [7, 11) is 0. The van der Waals surface area contributed by atoms with E-state index < -0.39 is 0 Å². The fourth-order valence-corrected chi connectivity index (χ4v) is 29.0. The molecular weight excluding hydrogens is 721 g/mol. The summed E-state index contributed by atoms with van der Waals surface area (Å²) < 4.78 is 0. The molecule has 0 spiro atoms. The first kappa shape index (κ1) is 41.4. The van der Waals surface area contributed by atoms with Crippen molar-refractivity contribution in [3.8, 4) is 0 Å². The van der Waals surface area contributed by atoms with Crippen molar-refractivity contribution in [2.45, 2.75) is 288 Å². The Bertz CT molecular complexity index is 1600. The molecule has 16 bridgehead atoms. The topological polar surface area (TPSA) is 0 Å². The van der Waals surface area contributed by atoms with Crippen LogP contribution in [0.15, 0.2) is 0 Å². The molecule has 16 fully saturated rings. The van der Waals surface area contributed by atoms with Crippen LogP contribution in [0.3, 0.4) is 0 Å². The predicted octanol–water partition coefficient (Wildman–Crippen LogP) is 18.4. The predicted molar refractivity (Wildman–Crippen MR) is 253 cm³/mol. The molecule has 0 radical (unpaired) electrons. The Labute approximate surface area is 372 Å². The van der Waals surface area contributed by atoms with Crippen molar-refractivity contribution < 1.29 is 0 Å². The molecule has 0 nitrogen and oxygen atoms in total. The Morgan fingerprint density at radius 3 is 0.667 bits per heavy atom. The highest BCUT2D eigenvalue weighted by Gasteiger charge is 2.83. The average molecular weight is 819 g/mol. The van der Waals surface area contributed by atoms with Crippen LogP contribution in [0.25, 0.3) is 0 Å². The van der Waals surface area contributed by atoms with Gasteiger partial charge in [-0.15, -0.1) is 0 Å².